The van der Waals surface area contributed by atoms with Gasteiger partial charge in [0.2, 0.25) is 0 Å². The molecule has 5 heteroatoms. The smallest absolute Gasteiger partial charge is 0.253 e. The fraction of sp³-hybridized carbons (Fsp3) is 0.167. The van der Waals surface area contributed by atoms with Crippen LogP contribution in [0.15, 0.2) is 39.9 Å². The molecule has 0 fully saturated rings. The van der Waals surface area contributed by atoms with Gasteiger partial charge in [0, 0.05) is 21.9 Å². The zero-order valence-corrected chi connectivity index (χ0v) is 10.9. The van der Waals surface area contributed by atoms with E-state index in [2.05, 4.69) is 20.9 Å². The van der Waals surface area contributed by atoms with Crippen molar-refractivity contribution in [2.75, 3.05) is 5.73 Å². The molecule has 1 aromatic carbocycles. The Morgan fingerprint density at radius 1 is 1.41 bits per heavy atom. The average Bonchev–Trinajstić information content (AvgIpc) is 2.25. The highest BCUT2D eigenvalue weighted by atomic mass is 79.9. The molecule has 0 saturated carbocycles. The minimum atomic E-state index is -0.0544. The zero-order valence-electron chi connectivity index (χ0n) is 9.35. The van der Waals surface area contributed by atoms with Crippen molar-refractivity contribution in [2.45, 2.75) is 13.5 Å². The largest absolute Gasteiger partial charge is 0.399 e. The van der Waals surface area contributed by atoms with E-state index in [1.54, 1.807) is 17.8 Å². The molecule has 0 aliphatic heterocycles. The number of hydrogen-bond acceptors (Lipinski definition) is 3. The molecular formula is C12H12BrN3O. The van der Waals surface area contributed by atoms with Crippen molar-refractivity contribution in [2.24, 2.45) is 0 Å². The molecule has 2 aromatic rings. The van der Waals surface area contributed by atoms with Crippen molar-refractivity contribution in [3.05, 3.63) is 56.7 Å². The third kappa shape index (κ3) is 2.74. The van der Waals surface area contributed by atoms with E-state index in [9.17, 15) is 4.79 Å². The first-order valence-corrected chi connectivity index (χ1v) is 5.92. The van der Waals surface area contributed by atoms with E-state index in [1.165, 1.54) is 6.07 Å². The normalized spacial score (nSPS) is 10.5. The van der Waals surface area contributed by atoms with Crippen LogP contribution >= 0.6 is 15.9 Å². The van der Waals surface area contributed by atoms with Crippen LogP contribution in [0.1, 0.15) is 11.3 Å². The molecule has 4 nitrogen and oxygen atoms in total. The number of halogens is 1. The van der Waals surface area contributed by atoms with Crippen LogP contribution < -0.4 is 11.3 Å². The number of aromatic nitrogens is 2. The number of nitrogens with two attached hydrogens (primary N) is 1. The van der Waals surface area contributed by atoms with Gasteiger partial charge in [0.05, 0.1) is 12.9 Å². The lowest BCUT2D eigenvalue weighted by Gasteiger charge is -2.08. The monoisotopic (exact) mass is 293 g/mol. The lowest BCUT2D eigenvalue weighted by atomic mass is 10.2. The van der Waals surface area contributed by atoms with Gasteiger partial charge in [-0.15, -0.1) is 0 Å². The van der Waals surface area contributed by atoms with E-state index in [0.717, 1.165) is 15.7 Å². The van der Waals surface area contributed by atoms with Crippen LogP contribution in [0.2, 0.25) is 0 Å². The minimum Gasteiger partial charge on any atom is -0.399 e. The van der Waals surface area contributed by atoms with Crippen LogP contribution in [-0.2, 0) is 6.54 Å². The maximum atomic E-state index is 11.7. The number of nitrogen functional groups attached to an aromatic ring is 1. The predicted molar refractivity (Wildman–Crippen MR) is 70.9 cm³/mol. The summed E-state index contributed by atoms with van der Waals surface area (Å²) in [6.45, 7) is 2.28. The maximum Gasteiger partial charge on any atom is 0.253 e. The number of aryl methyl sites for hydroxylation is 1. The Kier molecular flexibility index (Phi) is 3.28. The van der Waals surface area contributed by atoms with Crippen LogP contribution in [0.4, 0.5) is 5.69 Å². The molecule has 0 unspecified atom stereocenters. The highest BCUT2D eigenvalue weighted by molar-refractivity contribution is 9.10. The summed E-state index contributed by atoms with van der Waals surface area (Å²) in [6.07, 6.45) is 1.56. The molecule has 0 bridgehead atoms. The summed E-state index contributed by atoms with van der Waals surface area (Å²) in [4.78, 5) is 15.8. The van der Waals surface area contributed by atoms with E-state index < -0.39 is 0 Å². The molecule has 1 heterocycles. The molecule has 0 spiro atoms. The van der Waals surface area contributed by atoms with Crippen LogP contribution in [0.3, 0.4) is 0 Å². The first-order chi connectivity index (χ1) is 8.06. The Bertz CT molecular complexity index is 607. The third-order valence-electron chi connectivity index (χ3n) is 2.43. The SMILES string of the molecule is Cc1cc(=O)n(Cc2ccc(N)cc2Br)cn1. The van der Waals surface area contributed by atoms with Gasteiger partial charge < -0.3 is 5.73 Å². The molecular weight excluding hydrogens is 282 g/mol. The molecule has 88 valence electrons. The number of nitrogens with zero attached hydrogens (tertiary/aromatic N) is 2. The van der Waals surface area contributed by atoms with E-state index in [-0.39, 0.29) is 5.56 Å². The molecule has 2 N–H and O–H groups in total. The summed E-state index contributed by atoms with van der Waals surface area (Å²) in [5.41, 5.74) is 8.01. The van der Waals surface area contributed by atoms with E-state index >= 15 is 0 Å². The van der Waals surface area contributed by atoms with Crippen LogP contribution in [-0.4, -0.2) is 9.55 Å². The number of anilines is 1. The van der Waals surface area contributed by atoms with Crippen molar-refractivity contribution >= 4 is 21.6 Å². The van der Waals surface area contributed by atoms with Gasteiger partial charge in [0.1, 0.15) is 0 Å². The highest BCUT2D eigenvalue weighted by Crippen LogP contribution is 2.20. The van der Waals surface area contributed by atoms with Gasteiger partial charge in [-0.05, 0) is 24.6 Å². The second kappa shape index (κ2) is 4.71. The molecule has 0 saturated heterocycles. The maximum absolute atomic E-state index is 11.7. The lowest BCUT2D eigenvalue weighted by Crippen LogP contribution is -2.20. The van der Waals surface area contributed by atoms with Crippen molar-refractivity contribution in [3.8, 4) is 0 Å². The molecule has 0 atom stereocenters. The Morgan fingerprint density at radius 2 is 2.18 bits per heavy atom. The topological polar surface area (TPSA) is 60.9 Å². The summed E-state index contributed by atoms with van der Waals surface area (Å²) >= 11 is 3.43. The second-order valence-electron chi connectivity index (χ2n) is 3.85. The molecule has 0 amide bonds. The first-order valence-electron chi connectivity index (χ1n) is 5.13. The van der Waals surface area contributed by atoms with E-state index in [0.29, 0.717) is 12.2 Å². The summed E-state index contributed by atoms with van der Waals surface area (Å²) in [7, 11) is 0. The minimum absolute atomic E-state index is 0.0544. The summed E-state index contributed by atoms with van der Waals surface area (Å²) in [5.74, 6) is 0. The van der Waals surface area contributed by atoms with Crippen LogP contribution in [0.25, 0.3) is 0 Å². The van der Waals surface area contributed by atoms with Crippen molar-refractivity contribution in [1.29, 1.82) is 0 Å². The average molecular weight is 294 g/mol. The van der Waals surface area contributed by atoms with Crippen molar-refractivity contribution in [3.63, 3.8) is 0 Å². The number of hydrogen-bond donors (Lipinski definition) is 1. The standard InChI is InChI=1S/C12H12BrN3O/c1-8-4-12(17)16(7-15-8)6-9-2-3-10(14)5-11(9)13/h2-5,7H,6,14H2,1H3. The Labute approximate surface area is 107 Å². The van der Waals surface area contributed by atoms with Crippen molar-refractivity contribution in [1.82, 2.24) is 9.55 Å². The second-order valence-corrected chi connectivity index (χ2v) is 4.70. The molecule has 2 rings (SSSR count). The van der Waals surface area contributed by atoms with Gasteiger partial charge in [0.25, 0.3) is 5.56 Å². The van der Waals surface area contributed by atoms with Crippen LogP contribution in [0, 0.1) is 6.92 Å². The Balaban J connectivity index is 2.35. The number of rotatable bonds is 2. The molecule has 0 radical (unpaired) electrons. The highest BCUT2D eigenvalue weighted by Gasteiger charge is 2.03. The first kappa shape index (κ1) is 11.9. The lowest BCUT2D eigenvalue weighted by molar-refractivity contribution is 0.728. The van der Waals surface area contributed by atoms with Gasteiger partial charge in [0.15, 0.2) is 0 Å². The fourth-order valence-corrected chi connectivity index (χ4v) is 2.03. The number of benzene rings is 1. The van der Waals surface area contributed by atoms with Gasteiger partial charge in [-0.3, -0.25) is 9.36 Å². The van der Waals surface area contributed by atoms with Crippen LogP contribution in [0.5, 0.6) is 0 Å². The Morgan fingerprint density at radius 3 is 2.82 bits per heavy atom. The quantitative estimate of drug-likeness (QED) is 0.861. The fourth-order valence-electron chi connectivity index (χ4n) is 1.51. The van der Waals surface area contributed by atoms with Crippen molar-refractivity contribution < 1.29 is 0 Å². The molecule has 0 aliphatic rings. The molecule has 1 aromatic heterocycles. The van der Waals surface area contributed by atoms with E-state index in [1.807, 2.05) is 18.2 Å². The van der Waals surface area contributed by atoms with Gasteiger partial charge in [-0.2, -0.15) is 0 Å². The Hall–Kier alpha value is -1.62. The molecule has 17 heavy (non-hydrogen) atoms. The van der Waals surface area contributed by atoms with Gasteiger partial charge in [-0.25, -0.2) is 4.98 Å². The summed E-state index contributed by atoms with van der Waals surface area (Å²) in [5, 5.41) is 0. The summed E-state index contributed by atoms with van der Waals surface area (Å²) in [6, 6.07) is 7.05. The predicted octanol–water partition coefficient (Wildman–Crippen LogP) is 1.94. The molecule has 0 aliphatic carbocycles. The third-order valence-corrected chi connectivity index (χ3v) is 3.17. The van der Waals surface area contributed by atoms with Gasteiger partial charge >= 0.3 is 0 Å². The summed E-state index contributed by atoms with van der Waals surface area (Å²) < 4.78 is 2.45. The zero-order chi connectivity index (χ0) is 12.4. The van der Waals surface area contributed by atoms with E-state index in [4.69, 9.17) is 5.73 Å². The van der Waals surface area contributed by atoms with Gasteiger partial charge in [-0.1, -0.05) is 22.0 Å².